The molecule has 0 fully saturated rings. The summed E-state index contributed by atoms with van der Waals surface area (Å²) in [7, 11) is 1.29. The summed E-state index contributed by atoms with van der Waals surface area (Å²) in [6.07, 6.45) is 0. The van der Waals surface area contributed by atoms with E-state index in [4.69, 9.17) is 14.2 Å². The highest BCUT2D eigenvalue weighted by atomic mass is 16.5. The summed E-state index contributed by atoms with van der Waals surface area (Å²) in [4.78, 5) is 35.6. The summed E-state index contributed by atoms with van der Waals surface area (Å²) in [5.74, 6) is -0.693. The van der Waals surface area contributed by atoms with Crippen molar-refractivity contribution in [3.63, 3.8) is 0 Å². The van der Waals surface area contributed by atoms with E-state index in [0.717, 1.165) is 0 Å². The highest BCUT2D eigenvalue weighted by Crippen LogP contribution is 2.28. The second-order valence-corrected chi connectivity index (χ2v) is 5.72. The van der Waals surface area contributed by atoms with E-state index in [2.05, 4.69) is 10.1 Å². The Labute approximate surface area is 168 Å². The maximum Gasteiger partial charge on any atom is 0.338 e. The molecule has 0 saturated heterocycles. The van der Waals surface area contributed by atoms with E-state index < -0.39 is 24.5 Å². The van der Waals surface area contributed by atoms with Crippen LogP contribution in [0.5, 0.6) is 11.5 Å². The number of carbonyl (C=O) groups is 3. The zero-order valence-corrected chi connectivity index (χ0v) is 16.5. The highest BCUT2D eigenvalue weighted by Gasteiger charge is 2.14. The van der Waals surface area contributed by atoms with E-state index >= 15 is 0 Å². The molecular weight excluding hydrogens is 378 g/mol. The Morgan fingerprint density at radius 1 is 0.828 bits per heavy atom. The monoisotopic (exact) mass is 401 g/mol. The lowest BCUT2D eigenvalue weighted by molar-refractivity contribution is -0.119. The molecule has 1 amide bonds. The number of esters is 2. The van der Waals surface area contributed by atoms with Crippen LogP contribution in [0.1, 0.15) is 34.6 Å². The molecule has 0 spiro atoms. The molecule has 0 bridgehead atoms. The number of rotatable bonds is 9. The average molecular weight is 401 g/mol. The van der Waals surface area contributed by atoms with Crippen LogP contribution in [0.2, 0.25) is 0 Å². The Morgan fingerprint density at radius 2 is 1.45 bits per heavy atom. The first kappa shape index (κ1) is 21.7. The first-order valence-electron chi connectivity index (χ1n) is 9.03. The average Bonchev–Trinajstić information content (AvgIpc) is 2.73. The van der Waals surface area contributed by atoms with Gasteiger partial charge in [-0.15, -0.1) is 0 Å². The molecule has 0 aliphatic carbocycles. The first-order chi connectivity index (χ1) is 14.0. The second kappa shape index (κ2) is 10.7. The fourth-order valence-corrected chi connectivity index (χ4v) is 2.40. The van der Waals surface area contributed by atoms with Crippen LogP contribution in [-0.4, -0.2) is 44.8 Å². The molecule has 8 heteroatoms. The largest absolute Gasteiger partial charge is 0.490 e. The van der Waals surface area contributed by atoms with Crippen LogP contribution in [0.15, 0.2) is 42.5 Å². The van der Waals surface area contributed by atoms with E-state index in [0.29, 0.717) is 36.0 Å². The van der Waals surface area contributed by atoms with Gasteiger partial charge in [0.2, 0.25) is 0 Å². The van der Waals surface area contributed by atoms with Crippen LogP contribution in [0.4, 0.5) is 5.69 Å². The predicted molar refractivity (Wildman–Crippen MR) is 105 cm³/mol. The van der Waals surface area contributed by atoms with E-state index in [1.807, 2.05) is 13.8 Å². The van der Waals surface area contributed by atoms with Gasteiger partial charge in [-0.2, -0.15) is 0 Å². The topological polar surface area (TPSA) is 100 Å². The quantitative estimate of drug-likeness (QED) is 0.645. The lowest BCUT2D eigenvalue weighted by atomic mass is 10.2. The van der Waals surface area contributed by atoms with E-state index in [1.54, 1.807) is 24.3 Å². The zero-order valence-electron chi connectivity index (χ0n) is 16.5. The van der Waals surface area contributed by atoms with Crippen molar-refractivity contribution in [1.29, 1.82) is 0 Å². The third-order valence-corrected chi connectivity index (χ3v) is 3.70. The van der Waals surface area contributed by atoms with Gasteiger partial charge in [0.1, 0.15) is 0 Å². The molecule has 1 N–H and O–H groups in total. The molecule has 2 rings (SSSR count). The predicted octanol–water partition coefficient (Wildman–Crippen LogP) is 3.07. The molecule has 8 nitrogen and oxygen atoms in total. The van der Waals surface area contributed by atoms with Gasteiger partial charge in [-0.05, 0) is 56.3 Å². The van der Waals surface area contributed by atoms with Crippen molar-refractivity contribution < 1.29 is 33.3 Å². The molecule has 0 aliphatic rings. The van der Waals surface area contributed by atoms with Gasteiger partial charge >= 0.3 is 11.9 Å². The van der Waals surface area contributed by atoms with Gasteiger partial charge in [-0.1, -0.05) is 0 Å². The molecule has 2 aromatic rings. The fraction of sp³-hybridized carbons (Fsp3) is 0.286. The number of hydrogen-bond acceptors (Lipinski definition) is 7. The lowest BCUT2D eigenvalue weighted by Gasteiger charge is -2.12. The van der Waals surface area contributed by atoms with Gasteiger partial charge in [0, 0.05) is 5.69 Å². The molecule has 0 unspecified atom stereocenters. The number of carbonyl (C=O) groups excluding carboxylic acids is 3. The molecule has 154 valence electrons. The number of anilines is 1. The van der Waals surface area contributed by atoms with E-state index in [-0.39, 0.29) is 5.56 Å². The highest BCUT2D eigenvalue weighted by molar-refractivity contribution is 5.96. The summed E-state index contributed by atoms with van der Waals surface area (Å²) < 4.78 is 20.6. The fourth-order valence-electron chi connectivity index (χ4n) is 2.40. The van der Waals surface area contributed by atoms with Crippen LogP contribution in [0.25, 0.3) is 0 Å². The van der Waals surface area contributed by atoms with Crippen molar-refractivity contribution in [2.75, 3.05) is 32.2 Å². The molecule has 0 heterocycles. The van der Waals surface area contributed by atoms with Gasteiger partial charge in [-0.25, -0.2) is 9.59 Å². The van der Waals surface area contributed by atoms with Gasteiger partial charge in [-0.3, -0.25) is 4.79 Å². The summed E-state index contributed by atoms with van der Waals surface area (Å²) in [6, 6.07) is 10.8. The SMILES string of the molecule is CCOc1ccc(C(=O)OCC(=O)Nc2ccc(C(=O)OC)cc2)cc1OCC. The van der Waals surface area contributed by atoms with Crippen molar-refractivity contribution in [3.05, 3.63) is 53.6 Å². The molecule has 29 heavy (non-hydrogen) atoms. The third-order valence-electron chi connectivity index (χ3n) is 3.70. The van der Waals surface area contributed by atoms with Crippen molar-refractivity contribution >= 4 is 23.5 Å². The Hall–Kier alpha value is -3.55. The Kier molecular flexibility index (Phi) is 8.02. The molecule has 0 aromatic heterocycles. The Balaban J connectivity index is 1.93. The van der Waals surface area contributed by atoms with Gasteiger partial charge < -0.3 is 24.3 Å². The van der Waals surface area contributed by atoms with Crippen LogP contribution in [-0.2, 0) is 14.3 Å². The number of hydrogen-bond donors (Lipinski definition) is 1. The van der Waals surface area contributed by atoms with E-state index in [9.17, 15) is 14.4 Å². The van der Waals surface area contributed by atoms with Crippen LogP contribution in [0.3, 0.4) is 0 Å². The number of nitrogens with one attached hydrogen (secondary N) is 1. The number of methoxy groups -OCH3 is 1. The number of amides is 1. The molecule has 0 radical (unpaired) electrons. The number of benzene rings is 2. The summed E-state index contributed by atoms with van der Waals surface area (Å²) in [6.45, 7) is 4.08. The Morgan fingerprint density at radius 3 is 2.07 bits per heavy atom. The van der Waals surface area contributed by atoms with Gasteiger partial charge in [0.15, 0.2) is 18.1 Å². The van der Waals surface area contributed by atoms with Gasteiger partial charge in [0.25, 0.3) is 5.91 Å². The van der Waals surface area contributed by atoms with Crippen molar-refractivity contribution in [2.45, 2.75) is 13.8 Å². The first-order valence-corrected chi connectivity index (χ1v) is 9.03. The molecular formula is C21H23NO7. The molecule has 0 saturated carbocycles. The van der Waals surface area contributed by atoms with Crippen molar-refractivity contribution in [2.24, 2.45) is 0 Å². The Bertz CT molecular complexity index is 862. The number of ether oxygens (including phenoxy) is 4. The molecule has 2 aromatic carbocycles. The smallest absolute Gasteiger partial charge is 0.338 e. The third kappa shape index (κ3) is 6.24. The van der Waals surface area contributed by atoms with Crippen LogP contribution < -0.4 is 14.8 Å². The maximum atomic E-state index is 12.2. The normalized spacial score (nSPS) is 10.0. The van der Waals surface area contributed by atoms with Crippen LogP contribution >= 0.6 is 0 Å². The summed E-state index contributed by atoms with van der Waals surface area (Å²) in [5, 5.41) is 2.58. The minimum atomic E-state index is -0.662. The summed E-state index contributed by atoms with van der Waals surface area (Å²) in [5.41, 5.74) is 1.06. The summed E-state index contributed by atoms with van der Waals surface area (Å²) >= 11 is 0. The van der Waals surface area contributed by atoms with Crippen molar-refractivity contribution in [3.8, 4) is 11.5 Å². The van der Waals surface area contributed by atoms with Crippen LogP contribution in [0, 0.1) is 0 Å². The lowest BCUT2D eigenvalue weighted by Crippen LogP contribution is -2.21. The molecule has 0 aliphatic heterocycles. The standard InChI is InChI=1S/C21H23NO7/c1-4-27-17-11-8-15(12-18(17)28-5-2)21(25)29-13-19(23)22-16-9-6-14(7-10-16)20(24)26-3/h6-12H,4-5,13H2,1-3H3,(H,22,23). The maximum absolute atomic E-state index is 12.2. The van der Waals surface area contributed by atoms with Crippen molar-refractivity contribution in [1.82, 2.24) is 0 Å². The zero-order chi connectivity index (χ0) is 21.2. The minimum absolute atomic E-state index is 0.243. The minimum Gasteiger partial charge on any atom is -0.490 e. The second-order valence-electron chi connectivity index (χ2n) is 5.72. The van der Waals surface area contributed by atoms with Gasteiger partial charge in [0.05, 0.1) is 31.5 Å². The molecule has 0 atom stereocenters. The van der Waals surface area contributed by atoms with E-state index in [1.165, 1.54) is 25.3 Å².